The summed E-state index contributed by atoms with van der Waals surface area (Å²) in [4.78, 5) is 0. The molecule has 0 radical (unpaired) electrons. The van der Waals surface area contributed by atoms with E-state index in [-0.39, 0.29) is 6.04 Å². The Morgan fingerprint density at radius 3 is 2.67 bits per heavy atom. The molecule has 84 valence electrons. The van der Waals surface area contributed by atoms with E-state index >= 15 is 0 Å². The minimum atomic E-state index is 0.0341. The fourth-order valence-electron chi connectivity index (χ4n) is 2.43. The van der Waals surface area contributed by atoms with Gasteiger partial charge in [-0.05, 0) is 26.2 Å². The zero-order valence-corrected chi connectivity index (χ0v) is 9.61. The molecule has 4 heteroatoms. The van der Waals surface area contributed by atoms with Crippen molar-refractivity contribution in [1.29, 1.82) is 0 Å². The fraction of sp³-hybridized carbons (Fsp3) is 0.818. The van der Waals surface area contributed by atoms with Gasteiger partial charge in [-0.3, -0.25) is 0 Å². The summed E-state index contributed by atoms with van der Waals surface area (Å²) in [6.45, 7) is 4.12. The Hall–Kier alpha value is -0.900. The molecular formula is C11H20N4. The van der Waals surface area contributed by atoms with Crippen molar-refractivity contribution in [3.8, 4) is 0 Å². The van der Waals surface area contributed by atoms with Crippen molar-refractivity contribution < 1.29 is 0 Å². The van der Waals surface area contributed by atoms with Gasteiger partial charge in [0.1, 0.15) is 11.6 Å². The summed E-state index contributed by atoms with van der Waals surface area (Å²) in [5.74, 6) is 1.99. The predicted molar refractivity (Wildman–Crippen MR) is 59.5 cm³/mol. The van der Waals surface area contributed by atoms with E-state index in [2.05, 4.69) is 21.7 Å². The van der Waals surface area contributed by atoms with E-state index < -0.39 is 0 Å². The summed E-state index contributed by atoms with van der Waals surface area (Å²) in [5.41, 5.74) is 6.05. The normalized spacial score (nSPS) is 19.7. The number of nitrogens with zero attached hydrogens (tertiary/aromatic N) is 3. The molecule has 2 rings (SSSR count). The third kappa shape index (κ3) is 1.91. The van der Waals surface area contributed by atoms with Crippen molar-refractivity contribution in [2.45, 2.75) is 58.0 Å². The molecule has 0 amide bonds. The van der Waals surface area contributed by atoms with Gasteiger partial charge in [0.15, 0.2) is 0 Å². The van der Waals surface area contributed by atoms with E-state index in [4.69, 9.17) is 5.73 Å². The summed E-state index contributed by atoms with van der Waals surface area (Å²) >= 11 is 0. The summed E-state index contributed by atoms with van der Waals surface area (Å²) < 4.78 is 2.27. The maximum absolute atomic E-state index is 6.05. The average Bonchev–Trinajstić information content (AvgIpc) is 2.85. The monoisotopic (exact) mass is 208 g/mol. The first-order valence-electron chi connectivity index (χ1n) is 5.91. The second kappa shape index (κ2) is 4.31. The number of hydrogen-bond acceptors (Lipinski definition) is 3. The molecule has 15 heavy (non-hydrogen) atoms. The minimum Gasteiger partial charge on any atom is -0.321 e. The van der Waals surface area contributed by atoms with E-state index in [0.717, 1.165) is 18.1 Å². The predicted octanol–water partition coefficient (Wildman–Crippen LogP) is 2.11. The van der Waals surface area contributed by atoms with Gasteiger partial charge in [0.05, 0.1) is 6.04 Å². The topological polar surface area (TPSA) is 56.7 Å². The molecule has 1 aliphatic rings. The largest absolute Gasteiger partial charge is 0.321 e. The van der Waals surface area contributed by atoms with Crippen molar-refractivity contribution in [2.75, 3.05) is 0 Å². The van der Waals surface area contributed by atoms with Crippen molar-refractivity contribution in [2.24, 2.45) is 5.73 Å². The molecule has 0 saturated heterocycles. The maximum atomic E-state index is 6.05. The molecule has 1 saturated carbocycles. The third-order valence-corrected chi connectivity index (χ3v) is 3.35. The lowest BCUT2D eigenvalue weighted by Gasteiger charge is -2.18. The number of nitrogens with two attached hydrogens (primary N) is 1. The lowest BCUT2D eigenvalue weighted by atomic mass is 10.2. The van der Waals surface area contributed by atoms with E-state index in [0.29, 0.717) is 6.04 Å². The SMILES string of the molecule is CCC(N)c1nnc(C)n1C1CCCC1. The van der Waals surface area contributed by atoms with Crippen LogP contribution in [-0.4, -0.2) is 14.8 Å². The third-order valence-electron chi connectivity index (χ3n) is 3.35. The first kappa shape index (κ1) is 10.6. The van der Waals surface area contributed by atoms with E-state index in [1.54, 1.807) is 0 Å². The summed E-state index contributed by atoms with van der Waals surface area (Å²) in [6, 6.07) is 0.624. The lowest BCUT2D eigenvalue weighted by Crippen LogP contribution is -2.19. The van der Waals surface area contributed by atoms with Crippen LogP contribution in [0.3, 0.4) is 0 Å². The Morgan fingerprint density at radius 1 is 1.40 bits per heavy atom. The number of aryl methyl sites for hydroxylation is 1. The summed E-state index contributed by atoms with van der Waals surface area (Å²) in [6.07, 6.45) is 6.07. The van der Waals surface area contributed by atoms with Crippen LogP contribution in [0.5, 0.6) is 0 Å². The first-order chi connectivity index (χ1) is 7.24. The van der Waals surface area contributed by atoms with Gasteiger partial charge in [0.25, 0.3) is 0 Å². The lowest BCUT2D eigenvalue weighted by molar-refractivity contribution is 0.463. The molecule has 0 bridgehead atoms. The van der Waals surface area contributed by atoms with E-state index in [9.17, 15) is 0 Å². The van der Waals surface area contributed by atoms with Crippen LogP contribution in [0.15, 0.2) is 0 Å². The van der Waals surface area contributed by atoms with Gasteiger partial charge in [-0.15, -0.1) is 10.2 Å². The minimum absolute atomic E-state index is 0.0341. The molecule has 1 aromatic rings. The molecule has 0 spiro atoms. The quantitative estimate of drug-likeness (QED) is 0.827. The molecule has 4 nitrogen and oxygen atoms in total. The van der Waals surface area contributed by atoms with E-state index in [1.165, 1.54) is 25.7 Å². The molecule has 2 N–H and O–H groups in total. The Labute approximate surface area is 90.9 Å². The van der Waals surface area contributed by atoms with Gasteiger partial charge >= 0.3 is 0 Å². The zero-order valence-electron chi connectivity index (χ0n) is 9.61. The summed E-state index contributed by atoms with van der Waals surface area (Å²) in [5, 5.41) is 8.38. The van der Waals surface area contributed by atoms with Gasteiger partial charge in [0, 0.05) is 6.04 Å². The Kier molecular flexibility index (Phi) is 3.05. The number of hydrogen-bond donors (Lipinski definition) is 1. The molecule has 0 aliphatic heterocycles. The van der Waals surface area contributed by atoms with Gasteiger partial charge in [-0.25, -0.2) is 0 Å². The van der Waals surface area contributed by atoms with Crippen molar-refractivity contribution in [3.05, 3.63) is 11.6 Å². The smallest absolute Gasteiger partial charge is 0.150 e. The maximum Gasteiger partial charge on any atom is 0.150 e. The molecule has 1 unspecified atom stereocenters. The van der Waals surface area contributed by atoms with Gasteiger partial charge in [0.2, 0.25) is 0 Å². The molecule has 1 heterocycles. The van der Waals surface area contributed by atoms with Crippen LogP contribution in [0.2, 0.25) is 0 Å². The average molecular weight is 208 g/mol. The Balaban J connectivity index is 2.30. The van der Waals surface area contributed by atoms with Crippen LogP contribution < -0.4 is 5.73 Å². The molecule has 1 atom stereocenters. The molecule has 1 aliphatic carbocycles. The molecule has 1 aromatic heterocycles. The van der Waals surface area contributed by atoms with Gasteiger partial charge < -0.3 is 10.3 Å². The molecule has 1 fully saturated rings. The highest BCUT2D eigenvalue weighted by Crippen LogP contribution is 2.32. The van der Waals surface area contributed by atoms with Gasteiger partial charge in [-0.2, -0.15) is 0 Å². The Morgan fingerprint density at radius 2 is 2.07 bits per heavy atom. The van der Waals surface area contributed by atoms with Crippen LogP contribution in [0.4, 0.5) is 0 Å². The van der Waals surface area contributed by atoms with Crippen LogP contribution in [0, 0.1) is 6.92 Å². The summed E-state index contributed by atoms with van der Waals surface area (Å²) in [7, 11) is 0. The second-order valence-corrected chi connectivity index (χ2v) is 4.43. The Bertz CT molecular complexity index is 325. The van der Waals surface area contributed by atoms with Crippen molar-refractivity contribution in [3.63, 3.8) is 0 Å². The van der Waals surface area contributed by atoms with Crippen molar-refractivity contribution in [1.82, 2.24) is 14.8 Å². The fourth-order valence-corrected chi connectivity index (χ4v) is 2.43. The van der Waals surface area contributed by atoms with Gasteiger partial charge in [-0.1, -0.05) is 19.8 Å². The second-order valence-electron chi connectivity index (χ2n) is 4.43. The van der Waals surface area contributed by atoms with Crippen molar-refractivity contribution >= 4 is 0 Å². The number of rotatable bonds is 3. The van der Waals surface area contributed by atoms with Crippen LogP contribution >= 0.6 is 0 Å². The molecular weight excluding hydrogens is 188 g/mol. The van der Waals surface area contributed by atoms with Crippen LogP contribution in [-0.2, 0) is 0 Å². The highest BCUT2D eigenvalue weighted by Gasteiger charge is 2.24. The molecule has 0 aromatic carbocycles. The first-order valence-corrected chi connectivity index (χ1v) is 5.91. The highest BCUT2D eigenvalue weighted by atomic mass is 15.3. The standard InChI is InChI=1S/C11H20N4/c1-3-10(12)11-14-13-8(2)15(11)9-6-4-5-7-9/h9-10H,3-7,12H2,1-2H3. The zero-order chi connectivity index (χ0) is 10.8. The number of aromatic nitrogens is 3. The van der Waals surface area contributed by atoms with E-state index in [1.807, 2.05) is 6.92 Å². The van der Waals surface area contributed by atoms with Crippen LogP contribution in [0.1, 0.15) is 62.8 Å². The van der Waals surface area contributed by atoms with Crippen LogP contribution in [0.25, 0.3) is 0 Å². The highest BCUT2D eigenvalue weighted by molar-refractivity contribution is 5.02.